The number of rotatable bonds is 3. The van der Waals surface area contributed by atoms with Gasteiger partial charge in [0.25, 0.3) is 5.91 Å². The maximum absolute atomic E-state index is 12.8. The van der Waals surface area contributed by atoms with Crippen molar-refractivity contribution in [3.05, 3.63) is 70.2 Å². The van der Waals surface area contributed by atoms with Crippen LogP contribution in [0, 0.1) is 0 Å². The molecular formula is C20H21Cl2F3N2O. The second kappa shape index (κ2) is 9.16. The third kappa shape index (κ3) is 4.99. The molecule has 1 saturated heterocycles. The molecule has 2 atom stereocenters. The summed E-state index contributed by atoms with van der Waals surface area (Å²) in [5, 5.41) is 3.83. The minimum absolute atomic E-state index is 0. The number of carbonyl (C=O) groups excluding carboxylic acids is 1. The Morgan fingerprint density at radius 2 is 1.71 bits per heavy atom. The van der Waals surface area contributed by atoms with E-state index in [9.17, 15) is 18.0 Å². The Balaban J connectivity index is 0.00000280. The lowest BCUT2D eigenvalue weighted by molar-refractivity contribution is -0.137. The lowest BCUT2D eigenvalue weighted by Crippen LogP contribution is -2.49. The van der Waals surface area contributed by atoms with Gasteiger partial charge in [0.05, 0.1) is 5.56 Å². The third-order valence-electron chi connectivity index (χ3n) is 5.02. The van der Waals surface area contributed by atoms with Gasteiger partial charge in [-0.1, -0.05) is 23.7 Å². The fourth-order valence-electron chi connectivity index (χ4n) is 3.51. The highest BCUT2D eigenvalue weighted by Crippen LogP contribution is 2.33. The summed E-state index contributed by atoms with van der Waals surface area (Å²) < 4.78 is 38.4. The van der Waals surface area contributed by atoms with E-state index < -0.39 is 11.7 Å². The molecule has 3 rings (SSSR count). The zero-order chi connectivity index (χ0) is 19.6. The summed E-state index contributed by atoms with van der Waals surface area (Å²) in [6.07, 6.45) is -3.63. The van der Waals surface area contributed by atoms with Crippen LogP contribution in [0.25, 0.3) is 0 Å². The second-order valence-electron chi connectivity index (χ2n) is 6.71. The lowest BCUT2D eigenvalue weighted by Gasteiger charge is -2.39. The van der Waals surface area contributed by atoms with Crippen LogP contribution in [0.5, 0.6) is 0 Å². The van der Waals surface area contributed by atoms with E-state index in [-0.39, 0.29) is 30.3 Å². The van der Waals surface area contributed by atoms with E-state index in [2.05, 4.69) is 5.32 Å². The SMILES string of the molecule is CN(C(=O)c1ccc(Cl)cc1)[C@@H]1CCNC[C@H]1c1ccc(C(F)(F)F)cc1.Cl. The Hall–Kier alpha value is -1.76. The van der Waals surface area contributed by atoms with Crippen molar-refractivity contribution in [2.75, 3.05) is 20.1 Å². The molecule has 8 heteroatoms. The summed E-state index contributed by atoms with van der Waals surface area (Å²) in [5.41, 5.74) is 0.653. The monoisotopic (exact) mass is 432 g/mol. The number of carbonyl (C=O) groups is 1. The number of hydrogen-bond acceptors (Lipinski definition) is 2. The molecule has 1 N–H and O–H groups in total. The minimum atomic E-state index is -4.36. The van der Waals surface area contributed by atoms with Gasteiger partial charge < -0.3 is 10.2 Å². The van der Waals surface area contributed by atoms with Crippen LogP contribution in [0.2, 0.25) is 5.02 Å². The van der Waals surface area contributed by atoms with Crippen molar-refractivity contribution in [1.29, 1.82) is 0 Å². The van der Waals surface area contributed by atoms with Crippen molar-refractivity contribution in [2.24, 2.45) is 0 Å². The van der Waals surface area contributed by atoms with Crippen molar-refractivity contribution in [1.82, 2.24) is 10.2 Å². The molecule has 152 valence electrons. The largest absolute Gasteiger partial charge is 0.416 e. The number of benzene rings is 2. The van der Waals surface area contributed by atoms with E-state index in [0.29, 0.717) is 17.1 Å². The van der Waals surface area contributed by atoms with Gasteiger partial charge in [-0.25, -0.2) is 0 Å². The van der Waals surface area contributed by atoms with Gasteiger partial charge in [0.2, 0.25) is 0 Å². The summed E-state index contributed by atoms with van der Waals surface area (Å²) in [6, 6.07) is 11.8. The van der Waals surface area contributed by atoms with Crippen LogP contribution in [0.3, 0.4) is 0 Å². The molecule has 2 aromatic rings. The van der Waals surface area contributed by atoms with E-state index in [0.717, 1.165) is 30.7 Å². The highest BCUT2D eigenvalue weighted by molar-refractivity contribution is 6.30. The quantitative estimate of drug-likeness (QED) is 0.739. The van der Waals surface area contributed by atoms with Gasteiger partial charge in [0.15, 0.2) is 0 Å². The predicted octanol–water partition coefficient (Wildman–Crippen LogP) is 5.00. The van der Waals surface area contributed by atoms with Crippen LogP contribution in [-0.2, 0) is 6.18 Å². The van der Waals surface area contributed by atoms with Crippen LogP contribution in [-0.4, -0.2) is 37.0 Å². The summed E-state index contributed by atoms with van der Waals surface area (Å²) in [4.78, 5) is 14.5. The molecule has 3 nitrogen and oxygen atoms in total. The molecule has 0 bridgehead atoms. The molecule has 0 radical (unpaired) electrons. The molecule has 1 amide bonds. The highest BCUT2D eigenvalue weighted by Gasteiger charge is 2.34. The van der Waals surface area contributed by atoms with Gasteiger partial charge in [-0.05, 0) is 54.9 Å². The molecule has 1 aliphatic rings. The first-order valence-corrected chi connectivity index (χ1v) is 9.06. The number of likely N-dealkylation sites (N-methyl/N-ethyl adjacent to an activating group) is 1. The minimum Gasteiger partial charge on any atom is -0.338 e. The van der Waals surface area contributed by atoms with Crippen molar-refractivity contribution < 1.29 is 18.0 Å². The van der Waals surface area contributed by atoms with Crippen LogP contribution in [0.4, 0.5) is 13.2 Å². The van der Waals surface area contributed by atoms with Gasteiger partial charge in [0, 0.05) is 36.1 Å². The number of halogens is 5. The molecule has 1 aliphatic heterocycles. The van der Waals surface area contributed by atoms with E-state index >= 15 is 0 Å². The van der Waals surface area contributed by atoms with Gasteiger partial charge in [-0.2, -0.15) is 13.2 Å². The predicted molar refractivity (Wildman–Crippen MR) is 106 cm³/mol. The maximum Gasteiger partial charge on any atom is 0.416 e. The molecule has 1 heterocycles. The number of piperidine rings is 1. The molecular weight excluding hydrogens is 412 g/mol. The Bertz CT molecular complexity index is 795. The van der Waals surface area contributed by atoms with Crippen molar-refractivity contribution in [3.63, 3.8) is 0 Å². The first-order chi connectivity index (χ1) is 12.8. The molecule has 0 aliphatic carbocycles. The van der Waals surface area contributed by atoms with E-state index in [1.54, 1.807) is 36.2 Å². The van der Waals surface area contributed by atoms with Gasteiger partial charge in [-0.15, -0.1) is 12.4 Å². The number of nitrogens with one attached hydrogen (secondary N) is 1. The van der Waals surface area contributed by atoms with Crippen LogP contribution < -0.4 is 5.32 Å². The Kier molecular flexibility index (Phi) is 7.37. The standard InChI is InChI=1S/C20H20ClF3N2O.ClH/c1-26(19(27)14-4-8-16(21)9-5-14)18-10-11-25-12-17(18)13-2-6-15(7-3-13)20(22,23)24;/h2-9,17-18,25H,10-12H2,1H3;1H/t17-,18+;/m0./s1. The second-order valence-corrected chi connectivity index (χ2v) is 7.15. The smallest absolute Gasteiger partial charge is 0.338 e. The Labute approximate surface area is 173 Å². The Morgan fingerprint density at radius 3 is 2.29 bits per heavy atom. The van der Waals surface area contributed by atoms with E-state index in [4.69, 9.17) is 11.6 Å². The van der Waals surface area contributed by atoms with Gasteiger partial charge >= 0.3 is 6.18 Å². The molecule has 0 aromatic heterocycles. The molecule has 28 heavy (non-hydrogen) atoms. The normalized spacial score (nSPS) is 19.6. The van der Waals surface area contributed by atoms with E-state index in [1.165, 1.54) is 12.1 Å². The molecule has 1 fully saturated rings. The Morgan fingerprint density at radius 1 is 1.11 bits per heavy atom. The molecule has 0 spiro atoms. The highest BCUT2D eigenvalue weighted by atomic mass is 35.5. The number of amides is 1. The first-order valence-electron chi connectivity index (χ1n) is 8.68. The molecule has 2 aromatic carbocycles. The zero-order valence-electron chi connectivity index (χ0n) is 15.2. The zero-order valence-corrected chi connectivity index (χ0v) is 16.7. The summed E-state index contributed by atoms with van der Waals surface area (Å²) in [7, 11) is 1.74. The fraction of sp³-hybridized carbons (Fsp3) is 0.350. The van der Waals surface area contributed by atoms with Gasteiger partial charge in [-0.3, -0.25) is 4.79 Å². The van der Waals surface area contributed by atoms with Crippen LogP contribution >= 0.6 is 24.0 Å². The lowest BCUT2D eigenvalue weighted by atomic mass is 9.85. The number of nitrogens with zero attached hydrogens (tertiary/aromatic N) is 1. The van der Waals surface area contributed by atoms with Crippen molar-refractivity contribution >= 4 is 29.9 Å². The maximum atomic E-state index is 12.8. The van der Waals surface area contributed by atoms with E-state index in [1.807, 2.05) is 0 Å². The summed E-state index contributed by atoms with van der Waals surface area (Å²) in [6.45, 7) is 1.36. The summed E-state index contributed by atoms with van der Waals surface area (Å²) in [5.74, 6) is -0.210. The van der Waals surface area contributed by atoms with Gasteiger partial charge in [0.1, 0.15) is 0 Å². The average Bonchev–Trinajstić information content (AvgIpc) is 2.67. The average molecular weight is 433 g/mol. The van der Waals surface area contributed by atoms with Crippen molar-refractivity contribution in [3.8, 4) is 0 Å². The van der Waals surface area contributed by atoms with Crippen LogP contribution in [0.1, 0.15) is 33.8 Å². The third-order valence-corrected chi connectivity index (χ3v) is 5.27. The van der Waals surface area contributed by atoms with Crippen LogP contribution in [0.15, 0.2) is 48.5 Å². The summed E-state index contributed by atoms with van der Waals surface area (Å²) >= 11 is 5.88. The number of hydrogen-bond donors (Lipinski definition) is 1. The van der Waals surface area contributed by atoms with Crippen molar-refractivity contribution in [2.45, 2.75) is 24.6 Å². The topological polar surface area (TPSA) is 32.3 Å². The molecule has 0 unspecified atom stereocenters. The molecule has 0 saturated carbocycles. The fourth-order valence-corrected chi connectivity index (χ4v) is 3.64. The first kappa shape index (κ1) is 22.5. The number of alkyl halides is 3.